The fourth-order valence-corrected chi connectivity index (χ4v) is 4.55. The van der Waals surface area contributed by atoms with Crippen molar-refractivity contribution < 1.29 is 20.0 Å². The summed E-state index contributed by atoms with van der Waals surface area (Å²) in [4.78, 5) is 12.5. The van der Waals surface area contributed by atoms with Crippen LogP contribution >= 0.6 is 0 Å². The molecule has 1 aromatic carbocycles. The zero-order valence-electron chi connectivity index (χ0n) is 19.0. The Morgan fingerprint density at radius 1 is 0.800 bits per heavy atom. The molecule has 0 amide bonds. The third-order valence-electron chi connectivity index (χ3n) is 6.40. The smallest absolute Gasteiger partial charge is 0.306 e. The highest BCUT2D eigenvalue weighted by molar-refractivity contribution is 5.70. The molecule has 3 N–H and O–H groups in total. The number of carbonyl (C=O) groups excluding carboxylic acids is 1. The van der Waals surface area contributed by atoms with Gasteiger partial charge in [0.1, 0.15) is 5.60 Å². The van der Waals surface area contributed by atoms with Crippen LogP contribution in [0.3, 0.4) is 0 Å². The third-order valence-corrected chi connectivity index (χ3v) is 6.40. The molecule has 0 atom stereocenters. The molecule has 1 saturated heterocycles. The molecule has 1 aliphatic heterocycles. The van der Waals surface area contributed by atoms with E-state index in [4.69, 9.17) is 9.84 Å². The quantitative estimate of drug-likeness (QED) is 0.298. The lowest BCUT2D eigenvalue weighted by Gasteiger charge is -2.36. The number of hydrogen-bond acceptors (Lipinski definition) is 3. The van der Waals surface area contributed by atoms with Gasteiger partial charge in [0.25, 0.3) is 0 Å². The van der Waals surface area contributed by atoms with Gasteiger partial charge in [-0.2, -0.15) is 0 Å². The third kappa shape index (κ3) is 9.61. The maximum Gasteiger partial charge on any atom is 0.306 e. The highest BCUT2D eigenvalue weighted by Gasteiger charge is 2.39. The Labute approximate surface area is 183 Å². The predicted molar refractivity (Wildman–Crippen MR) is 122 cm³/mol. The van der Waals surface area contributed by atoms with Gasteiger partial charge in [0.15, 0.2) is 0 Å². The van der Waals surface area contributed by atoms with Gasteiger partial charge in [0, 0.05) is 25.9 Å². The molecule has 0 spiro atoms. The molecule has 2 rings (SSSR count). The summed E-state index contributed by atoms with van der Waals surface area (Å²) in [5, 5.41) is 11.1. The summed E-state index contributed by atoms with van der Waals surface area (Å²) in [5.74, 6) is -0.0260. The SMILES string of the molecule is O=C(CCCCCCCCCCCCCCO)OC1(c2ccccc2)CC[NH2+]CC1. The number of rotatable bonds is 16. The molecule has 30 heavy (non-hydrogen) atoms. The van der Waals surface area contributed by atoms with Gasteiger partial charge in [-0.1, -0.05) is 94.5 Å². The number of hydrogen-bond donors (Lipinski definition) is 2. The highest BCUT2D eigenvalue weighted by atomic mass is 16.6. The fourth-order valence-electron chi connectivity index (χ4n) is 4.55. The van der Waals surface area contributed by atoms with Crippen LogP contribution in [0.2, 0.25) is 0 Å². The van der Waals surface area contributed by atoms with E-state index in [9.17, 15) is 4.79 Å². The van der Waals surface area contributed by atoms with E-state index in [2.05, 4.69) is 17.4 Å². The van der Waals surface area contributed by atoms with E-state index in [-0.39, 0.29) is 5.97 Å². The van der Waals surface area contributed by atoms with Gasteiger partial charge >= 0.3 is 5.97 Å². The van der Waals surface area contributed by atoms with Crippen molar-refractivity contribution in [1.82, 2.24) is 0 Å². The summed E-state index contributed by atoms with van der Waals surface area (Å²) in [6.45, 7) is 2.38. The molecule has 170 valence electrons. The lowest BCUT2D eigenvalue weighted by atomic mass is 9.84. The van der Waals surface area contributed by atoms with Gasteiger partial charge in [-0.25, -0.2) is 0 Å². The van der Waals surface area contributed by atoms with E-state index in [0.717, 1.165) is 50.8 Å². The zero-order valence-corrected chi connectivity index (χ0v) is 19.0. The molecular weight excluding hydrogens is 374 g/mol. The molecule has 0 radical (unpaired) electrons. The maximum absolute atomic E-state index is 12.5. The zero-order chi connectivity index (χ0) is 21.3. The minimum Gasteiger partial charge on any atom is -0.454 e. The summed E-state index contributed by atoms with van der Waals surface area (Å²) in [6.07, 6.45) is 17.0. The molecule has 1 aliphatic rings. The van der Waals surface area contributed by atoms with Crippen molar-refractivity contribution in [3.8, 4) is 0 Å². The van der Waals surface area contributed by atoms with Gasteiger partial charge in [0.2, 0.25) is 0 Å². The second-order valence-corrected chi connectivity index (χ2v) is 8.92. The Hall–Kier alpha value is -1.39. The second-order valence-electron chi connectivity index (χ2n) is 8.92. The molecule has 0 unspecified atom stereocenters. The number of aliphatic hydroxyl groups is 1. The molecule has 0 aliphatic carbocycles. The number of piperidine rings is 1. The van der Waals surface area contributed by atoms with Gasteiger partial charge in [-0.05, 0) is 18.4 Å². The van der Waals surface area contributed by atoms with E-state index < -0.39 is 5.60 Å². The predicted octanol–water partition coefficient (Wildman–Crippen LogP) is 4.85. The van der Waals surface area contributed by atoms with Crippen LogP contribution in [0, 0.1) is 0 Å². The van der Waals surface area contributed by atoms with Gasteiger partial charge in [0.05, 0.1) is 13.1 Å². The van der Waals surface area contributed by atoms with E-state index in [1.807, 2.05) is 18.2 Å². The van der Waals surface area contributed by atoms with Crippen molar-refractivity contribution in [3.05, 3.63) is 35.9 Å². The van der Waals surface area contributed by atoms with E-state index in [1.165, 1.54) is 57.8 Å². The summed E-state index contributed by atoms with van der Waals surface area (Å²) < 4.78 is 6.10. The van der Waals surface area contributed by atoms with Gasteiger partial charge in [-0.15, -0.1) is 0 Å². The summed E-state index contributed by atoms with van der Waals surface area (Å²) in [6, 6.07) is 10.3. The average Bonchev–Trinajstić information content (AvgIpc) is 2.78. The topological polar surface area (TPSA) is 63.1 Å². The Balaban J connectivity index is 1.52. The number of nitrogens with two attached hydrogens (primary N) is 1. The number of ether oxygens (including phenoxy) is 1. The molecule has 4 nitrogen and oxygen atoms in total. The van der Waals surface area contributed by atoms with Crippen molar-refractivity contribution in [3.63, 3.8) is 0 Å². The number of carbonyl (C=O) groups is 1. The van der Waals surface area contributed by atoms with Crippen LogP contribution in [-0.2, 0) is 15.1 Å². The number of quaternary nitrogens is 1. The van der Waals surface area contributed by atoms with E-state index in [0.29, 0.717) is 13.0 Å². The van der Waals surface area contributed by atoms with Crippen molar-refractivity contribution in [2.45, 2.75) is 102 Å². The number of aliphatic hydroxyl groups excluding tert-OH is 1. The Morgan fingerprint density at radius 3 is 1.83 bits per heavy atom. The first-order valence-electron chi connectivity index (χ1n) is 12.5. The van der Waals surface area contributed by atoms with Crippen molar-refractivity contribution in [2.75, 3.05) is 19.7 Å². The first-order valence-corrected chi connectivity index (χ1v) is 12.5. The minimum atomic E-state index is -0.412. The van der Waals surface area contributed by atoms with Crippen molar-refractivity contribution >= 4 is 5.97 Å². The largest absolute Gasteiger partial charge is 0.454 e. The first-order chi connectivity index (χ1) is 14.8. The van der Waals surface area contributed by atoms with Crippen LogP contribution in [0.4, 0.5) is 0 Å². The molecule has 0 bridgehead atoms. The molecule has 1 heterocycles. The number of esters is 1. The van der Waals surface area contributed by atoms with Crippen LogP contribution in [0.5, 0.6) is 0 Å². The molecule has 4 heteroatoms. The Morgan fingerprint density at radius 2 is 1.30 bits per heavy atom. The lowest BCUT2D eigenvalue weighted by Crippen LogP contribution is -2.87. The molecular formula is C26H44NO3+. The molecule has 1 aromatic rings. The van der Waals surface area contributed by atoms with E-state index >= 15 is 0 Å². The summed E-state index contributed by atoms with van der Waals surface area (Å²) in [7, 11) is 0. The van der Waals surface area contributed by atoms with E-state index in [1.54, 1.807) is 0 Å². The van der Waals surface area contributed by atoms with Crippen molar-refractivity contribution in [1.29, 1.82) is 0 Å². The van der Waals surface area contributed by atoms with Crippen LogP contribution < -0.4 is 5.32 Å². The van der Waals surface area contributed by atoms with Gasteiger partial charge in [-0.3, -0.25) is 4.79 Å². The fraction of sp³-hybridized carbons (Fsp3) is 0.731. The highest BCUT2D eigenvalue weighted by Crippen LogP contribution is 2.34. The minimum absolute atomic E-state index is 0.0260. The molecule has 1 fully saturated rings. The van der Waals surface area contributed by atoms with Gasteiger partial charge < -0.3 is 15.2 Å². The first kappa shape index (κ1) is 24.9. The normalized spacial score (nSPS) is 15.8. The van der Waals surface area contributed by atoms with Crippen LogP contribution in [0.25, 0.3) is 0 Å². The van der Waals surface area contributed by atoms with Crippen LogP contribution in [0.15, 0.2) is 30.3 Å². The van der Waals surface area contributed by atoms with Crippen molar-refractivity contribution in [2.24, 2.45) is 0 Å². The second kappa shape index (κ2) is 15.4. The number of unbranched alkanes of at least 4 members (excludes halogenated alkanes) is 11. The number of benzene rings is 1. The Kier molecular flexibility index (Phi) is 12.8. The summed E-state index contributed by atoms with van der Waals surface area (Å²) in [5.41, 5.74) is 0.741. The average molecular weight is 419 g/mol. The van der Waals surface area contributed by atoms with Crippen LogP contribution in [0.1, 0.15) is 102 Å². The van der Waals surface area contributed by atoms with Crippen LogP contribution in [-0.4, -0.2) is 30.8 Å². The monoisotopic (exact) mass is 418 g/mol. The lowest BCUT2D eigenvalue weighted by molar-refractivity contribution is -0.668. The summed E-state index contributed by atoms with van der Waals surface area (Å²) >= 11 is 0. The molecule has 0 aromatic heterocycles. The maximum atomic E-state index is 12.5. The Bertz CT molecular complexity index is 555. The standard InChI is InChI=1S/C26H43NO3/c28-23-15-10-8-6-4-2-1-3-5-7-9-14-18-25(29)30-26(19-21-27-22-20-26)24-16-12-11-13-17-24/h11-13,16-17,27-28H,1-10,14-15,18-23H2/p+1. The molecule has 0 saturated carbocycles.